The van der Waals surface area contributed by atoms with E-state index < -0.39 is 21.1 Å². The summed E-state index contributed by atoms with van der Waals surface area (Å²) in [5.41, 5.74) is 20.3. The van der Waals surface area contributed by atoms with Gasteiger partial charge in [-0.2, -0.15) is 10.3 Å². The van der Waals surface area contributed by atoms with Gasteiger partial charge in [0.25, 0.3) is 0 Å². The van der Waals surface area contributed by atoms with Crippen LogP contribution in [0.25, 0.3) is 33.8 Å². The van der Waals surface area contributed by atoms with E-state index in [2.05, 4.69) is 170 Å². The van der Waals surface area contributed by atoms with Gasteiger partial charge >= 0.3 is 7.12 Å². The first-order chi connectivity index (χ1) is 55.7. The molecule has 23 nitrogen and oxygen atoms in total. The van der Waals surface area contributed by atoms with Crippen molar-refractivity contribution < 1.29 is 42.7 Å². The number of hydroxylamine groups is 2. The highest BCUT2D eigenvalue weighted by molar-refractivity contribution is 6.75. The second-order valence-corrected chi connectivity index (χ2v) is 39.3. The molecule has 8 aliphatic carbocycles. The number of hydrogen-bond acceptors (Lipinski definition) is 23. The molecule has 10 aliphatic rings. The number of methoxy groups -OCH3 is 4. The van der Waals surface area contributed by atoms with Gasteiger partial charge in [0.05, 0.1) is 83.2 Å². The van der Waals surface area contributed by atoms with E-state index in [1.807, 2.05) is 25.4 Å². The summed E-state index contributed by atoms with van der Waals surface area (Å²) in [4.78, 5) is 75.0. The van der Waals surface area contributed by atoms with Crippen LogP contribution in [0.4, 0.5) is 0 Å². The third-order valence-electron chi connectivity index (χ3n) is 25.8. The highest BCUT2D eigenvalue weighted by atomic mass is 35.5. The van der Waals surface area contributed by atoms with E-state index in [4.69, 9.17) is 55.4 Å². The Bertz CT molecular complexity index is 4940. The minimum absolute atomic E-state index is 0. The number of halogens is 1. The molecule has 6 heterocycles. The Labute approximate surface area is 695 Å². The van der Waals surface area contributed by atoms with Gasteiger partial charge in [0, 0.05) is 146 Å². The highest BCUT2D eigenvalue weighted by Crippen LogP contribution is 2.63. The molecule has 1 unspecified atom stereocenters. The number of ether oxygens (including phenoxy) is 4. The lowest BCUT2D eigenvalue weighted by molar-refractivity contribution is -0.232. The van der Waals surface area contributed by atoms with E-state index in [0.717, 1.165) is 196 Å². The molecule has 1 saturated heterocycles. The average Bonchev–Trinajstić information content (AvgIpc) is 1.53. The number of guanidine groups is 1. The van der Waals surface area contributed by atoms with E-state index in [1.165, 1.54) is 28.5 Å². The van der Waals surface area contributed by atoms with E-state index >= 15 is 0 Å². The van der Waals surface area contributed by atoms with Crippen molar-refractivity contribution in [2.75, 3.05) is 35.5 Å². The Balaban J connectivity index is 0.000000136. The molecule has 2 N–H and O–H groups in total. The molecule has 18 rings (SSSR count). The number of aromatic nitrogens is 8. The van der Waals surface area contributed by atoms with Crippen LogP contribution in [0.3, 0.4) is 0 Å². The van der Waals surface area contributed by atoms with Crippen LogP contribution in [-0.4, -0.2) is 161 Å². The Morgan fingerprint density at radius 1 is 0.547 bits per heavy atom. The molecule has 4 aromatic carbocycles. The summed E-state index contributed by atoms with van der Waals surface area (Å²) in [5.74, 6) is 3.59. The van der Waals surface area contributed by atoms with E-state index in [1.54, 1.807) is 102 Å². The standard InChI is InChI=1S/C21H29BO4.C21H25N5O2.C20H20N4O.C19H20N2O2.C5H11NSi.C4H3ClN2.CH4/c1-19(2)20(3,4)26-22(25-19)15-7-6-14-13-21(18(23)17(14)12-15)10-8-16(24-5)9-11-21;1-26-19(22)25-21(28-26)17-11-14(18-13-23-9-10-24-18)3-4-15(17)12-20(21)7-5-16(27-2)6-8-20;1-25-16-4-6-20(7-5-16)11-15-3-2-14(18-12-22-8-9-23-18)10-17(15)19(20)24-13-21;1-23-15-4-6-19(7-5-15)11-14-3-2-13(10-16(14)18(19)22)17-12-20-8-9-21-17;1-5-6-7(2,3)4;5-4-3-6-1-2-7-4;/h6-7,12,16H,8-11,13H2,1-5H3;3-4,9-11,13,16H,5-8,12H2,1-2H3,(H2,22,25);2-3,8-10,12,16H,4-7,11H2,1H3;2-3,8-10,12,15H,4-7,11H2,1H3;1H2,2-4H3;1-3H;1H4. The van der Waals surface area contributed by atoms with Crippen molar-refractivity contribution in [1.82, 2.24) is 44.9 Å². The van der Waals surface area contributed by atoms with Crippen LogP contribution in [0.15, 0.2) is 168 Å². The number of Topliss-reactive ketones (excluding diaryl/α,β-unsaturated/α-hetero) is 2. The van der Waals surface area contributed by atoms with E-state index in [0.29, 0.717) is 47.1 Å². The van der Waals surface area contributed by atoms with Crippen molar-refractivity contribution in [3.05, 3.63) is 203 Å². The van der Waals surface area contributed by atoms with Crippen LogP contribution in [0, 0.1) is 33.1 Å². The normalized spacial score (nSPS) is 26.7. The lowest BCUT2D eigenvalue weighted by Gasteiger charge is -2.45. The molecule has 8 aromatic rings. The number of carbonyl (C=O) groups is 2. The summed E-state index contributed by atoms with van der Waals surface area (Å²) in [7, 11) is 7.31. The Hall–Kier alpha value is -9.29. The minimum Gasteiger partial charge on any atom is -0.399 e. The maximum Gasteiger partial charge on any atom is 0.494 e. The monoisotopic (exact) mass is 1620 g/mol. The van der Waals surface area contributed by atoms with Crippen molar-refractivity contribution in [3.8, 4) is 40.0 Å². The summed E-state index contributed by atoms with van der Waals surface area (Å²) in [6.07, 6.45) is 42.6. The van der Waals surface area contributed by atoms with Gasteiger partial charge in [0.15, 0.2) is 19.8 Å². The van der Waals surface area contributed by atoms with Gasteiger partial charge in [-0.3, -0.25) is 49.1 Å². The number of nitriles is 1. The predicted octanol–water partition coefficient (Wildman–Crippen LogP) is 16.4. The van der Waals surface area contributed by atoms with Crippen molar-refractivity contribution in [2.24, 2.45) is 42.0 Å². The Kier molecular flexibility index (Phi) is 27.2. The van der Waals surface area contributed by atoms with E-state index in [-0.39, 0.29) is 40.3 Å². The molecule has 0 radical (unpaired) electrons. The number of nitrogens with two attached hydrogens (primary N) is 1. The van der Waals surface area contributed by atoms with Gasteiger partial charge in [-0.15, -0.1) is 0 Å². The molecule has 5 fully saturated rings. The maximum atomic E-state index is 13.3. The number of fused-ring (bicyclic) bond motifs is 6. The second kappa shape index (κ2) is 36.5. The van der Waals surface area contributed by atoms with Crippen molar-refractivity contribution in [1.29, 1.82) is 5.26 Å². The molecular formula is C91H112BClN14O9Si. The van der Waals surface area contributed by atoms with E-state index in [9.17, 15) is 14.9 Å². The van der Waals surface area contributed by atoms with Crippen LogP contribution < -0.4 is 11.2 Å². The predicted molar refractivity (Wildman–Crippen MR) is 459 cm³/mol. The molecule has 2 aliphatic heterocycles. The SMILES string of the molecule is C.C=C=N[Si](C)(C)C.COC1CCC2(CC1)Cc1ccc(-c3cnccn3)cc1C21N=C(N)N(C)O1.COC1CCC2(CC1)Cc1ccc(-c3cnccn3)cc1C2=NC#N.COC1CCC2(CC1)Cc1ccc(-c3cnccn3)cc1C2=O.COC1CCC2(CC1)Cc1ccc(B3OC(C)(C)C(C)(C)O3)cc1C2=O.Clc1cnccn1. The fourth-order valence-electron chi connectivity index (χ4n) is 18.6. The molecule has 1 atom stereocenters. The summed E-state index contributed by atoms with van der Waals surface area (Å²) in [6, 6.07) is 25.1. The zero-order chi connectivity index (χ0) is 82.3. The molecular weight excluding hydrogens is 1510 g/mol. The van der Waals surface area contributed by atoms with Crippen molar-refractivity contribution >= 4 is 61.5 Å². The highest BCUT2D eigenvalue weighted by Gasteiger charge is 2.64. The van der Waals surface area contributed by atoms with Crippen LogP contribution in [0.2, 0.25) is 24.8 Å². The third-order valence-corrected chi connectivity index (χ3v) is 26.9. The fraction of sp³-hybridized carbons (Fsp3) is 0.484. The van der Waals surface area contributed by atoms with Crippen molar-refractivity contribution in [2.45, 2.75) is 225 Å². The molecule has 117 heavy (non-hydrogen) atoms. The van der Waals surface area contributed by atoms with Gasteiger partial charge in [-0.1, -0.05) is 73.6 Å². The number of aliphatic imine (C=N–C) groups is 2. The van der Waals surface area contributed by atoms with Gasteiger partial charge in [-0.05, 0) is 234 Å². The maximum absolute atomic E-state index is 13.3. The smallest absolute Gasteiger partial charge is 0.399 e. The van der Waals surface area contributed by atoms with Crippen LogP contribution in [-0.2, 0) is 64.5 Å². The average molecular weight is 1620 g/mol. The van der Waals surface area contributed by atoms with Gasteiger partial charge in [0.2, 0.25) is 17.9 Å². The summed E-state index contributed by atoms with van der Waals surface area (Å²) >= 11 is 5.37. The molecule has 26 heteroatoms. The minimum atomic E-state index is -1.21. The summed E-state index contributed by atoms with van der Waals surface area (Å²) in [5, 5.41) is 11.3. The summed E-state index contributed by atoms with van der Waals surface area (Å²) in [6.45, 7) is 18.0. The van der Waals surface area contributed by atoms with Crippen LogP contribution in [0.5, 0.6) is 0 Å². The lowest BCUT2D eigenvalue weighted by Crippen LogP contribution is -2.46. The van der Waals surface area contributed by atoms with Crippen molar-refractivity contribution in [3.63, 3.8) is 0 Å². The first-order valence-electron chi connectivity index (χ1n) is 40.5. The topological polar surface area (TPSA) is 292 Å². The number of ketones is 2. The number of hydrogen-bond donors (Lipinski definition) is 1. The molecule has 4 saturated carbocycles. The molecule has 0 bridgehead atoms. The van der Waals surface area contributed by atoms with Crippen LogP contribution >= 0.6 is 11.6 Å². The molecule has 0 amide bonds. The first kappa shape index (κ1) is 87.0. The largest absolute Gasteiger partial charge is 0.494 e. The number of rotatable bonds is 9. The number of nitrogens with zero attached hydrogens (tertiary/aromatic N) is 13. The molecule has 614 valence electrons. The van der Waals surface area contributed by atoms with Gasteiger partial charge in [0.1, 0.15) is 5.15 Å². The second-order valence-electron chi connectivity index (χ2n) is 34.4. The van der Waals surface area contributed by atoms with Gasteiger partial charge < -0.3 is 34.0 Å². The zero-order valence-corrected chi connectivity index (χ0v) is 70.8. The van der Waals surface area contributed by atoms with Crippen LogP contribution in [0.1, 0.15) is 192 Å². The lowest BCUT2D eigenvalue weighted by atomic mass is 9.66. The molecule has 5 spiro atoms. The first-order valence-corrected chi connectivity index (χ1v) is 44.3. The zero-order valence-electron chi connectivity index (χ0n) is 69.0. The number of benzene rings is 4. The van der Waals surface area contributed by atoms with Gasteiger partial charge in [-0.25, -0.2) is 19.9 Å². The third kappa shape index (κ3) is 18.5. The fourth-order valence-corrected chi connectivity index (χ4v) is 19.2. The Morgan fingerprint density at radius 3 is 1.33 bits per heavy atom. The Morgan fingerprint density at radius 2 is 0.949 bits per heavy atom. The number of carbonyl (C=O) groups excluding carboxylic acids is 2. The quantitative estimate of drug-likeness (QED) is 0.0797. The molecule has 4 aromatic heterocycles. The summed E-state index contributed by atoms with van der Waals surface area (Å²) < 4.78 is 38.4.